The molecule has 0 heterocycles. The molecule has 0 aliphatic heterocycles. The third-order valence-electron chi connectivity index (χ3n) is 3.78. The van der Waals surface area contributed by atoms with Crippen LogP contribution in [0.25, 0.3) is 0 Å². The normalized spacial score (nSPS) is 10.2. The van der Waals surface area contributed by atoms with Crippen LogP contribution in [0.2, 0.25) is 0 Å². The predicted molar refractivity (Wildman–Crippen MR) is 99.8 cm³/mol. The van der Waals surface area contributed by atoms with Crippen LogP contribution >= 0.6 is 0 Å². The number of carboxylic acid groups (broad SMARTS) is 2. The van der Waals surface area contributed by atoms with Crippen LogP contribution in [0.5, 0.6) is 0 Å². The van der Waals surface area contributed by atoms with Gasteiger partial charge in [0.25, 0.3) is 0 Å². The molecule has 0 saturated heterocycles. The number of benzene rings is 3. The maximum Gasteiger partial charge on any atom is 0.337 e. The molecule has 3 aromatic rings. The first-order valence-electron chi connectivity index (χ1n) is 7.84. The van der Waals surface area contributed by atoms with Crippen molar-refractivity contribution in [3.63, 3.8) is 0 Å². The van der Waals surface area contributed by atoms with Gasteiger partial charge in [-0.1, -0.05) is 36.4 Å². The van der Waals surface area contributed by atoms with Gasteiger partial charge in [-0.2, -0.15) is 0 Å². The number of aromatic carboxylic acids is 2. The quantitative estimate of drug-likeness (QED) is 0.521. The maximum absolute atomic E-state index is 11.4. The van der Waals surface area contributed by atoms with Crippen LogP contribution in [0.4, 0.5) is 22.7 Å². The number of para-hydroxylation sites is 4. The first-order valence-corrected chi connectivity index (χ1v) is 7.84. The van der Waals surface area contributed by atoms with Crippen molar-refractivity contribution in [2.45, 2.75) is 0 Å². The van der Waals surface area contributed by atoms with Gasteiger partial charge in [0.2, 0.25) is 0 Å². The SMILES string of the molecule is O=C(O)c1ccccc1Nc1ccccc1Nc1ccccc1C(=O)O. The number of carbonyl (C=O) groups is 2. The molecule has 3 aromatic carbocycles. The van der Waals surface area contributed by atoms with E-state index in [1.165, 1.54) is 12.1 Å². The van der Waals surface area contributed by atoms with Crippen LogP contribution in [-0.2, 0) is 0 Å². The summed E-state index contributed by atoms with van der Waals surface area (Å²) in [7, 11) is 0. The predicted octanol–water partition coefficient (Wildman–Crippen LogP) is 4.57. The Bertz CT molecular complexity index is 891. The average molecular weight is 348 g/mol. The Morgan fingerprint density at radius 2 is 0.846 bits per heavy atom. The van der Waals surface area contributed by atoms with Crippen molar-refractivity contribution in [1.29, 1.82) is 0 Å². The van der Waals surface area contributed by atoms with E-state index in [4.69, 9.17) is 0 Å². The number of rotatable bonds is 6. The summed E-state index contributed by atoms with van der Waals surface area (Å²) in [6, 6.07) is 20.3. The minimum atomic E-state index is -1.03. The van der Waals surface area contributed by atoms with Gasteiger partial charge in [-0.15, -0.1) is 0 Å². The number of anilines is 4. The third kappa shape index (κ3) is 3.64. The fourth-order valence-electron chi connectivity index (χ4n) is 2.55. The zero-order valence-corrected chi connectivity index (χ0v) is 13.6. The van der Waals surface area contributed by atoms with Crippen molar-refractivity contribution < 1.29 is 19.8 Å². The van der Waals surface area contributed by atoms with E-state index in [1.54, 1.807) is 60.7 Å². The standard InChI is InChI=1S/C20H16N2O4/c23-19(24)13-7-1-3-9-15(13)21-17-11-5-6-12-18(17)22-16-10-4-2-8-14(16)20(25)26/h1-12,21-22H,(H,23,24)(H,25,26). The molecule has 26 heavy (non-hydrogen) atoms. The molecule has 0 amide bonds. The molecule has 0 fully saturated rings. The Labute approximate surface area is 149 Å². The first-order chi connectivity index (χ1) is 12.6. The molecular weight excluding hydrogens is 332 g/mol. The van der Waals surface area contributed by atoms with Crippen molar-refractivity contribution in [2.24, 2.45) is 0 Å². The van der Waals surface area contributed by atoms with Crippen LogP contribution in [-0.4, -0.2) is 22.2 Å². The molecule has 0 bridgehead atoms. The van der Waals surface area contributed by atoms with Crippen molar-refractivity contribution in [3.8, 4) is 0 Å². The Balaban J connectivity index is 1.96. The lowest BCUT2D eigenvalue weighted by Crippen LogP contribution is -2.05. The zero-order valence-electron chi connectivity index (χ0n) is 13.6. The monoisotopic (exact) mass is 348 g/mol. The van der Waals surface area contributed by atoms with Gasteiger partial charge in [-0.3, -0.25) is 0 Å². The first kappa shape index (κ1) is 17.0. The molecule has 0 aliphatic carbocycles. The van der Waals surface area contributed by atoms with Crippen LogP contribution in [0, 0.1) is 0 Å². The molecule has 0 spiro atoms. The van der Waals surface area contributed by atoms with Crippen LogP contribution in [0.15, 0.2) is 72.8 Å². The molecular formula is C20H16N2O4. The minimum absolute atomic E-state index is 0.147. The van der Waals surface area contributed by atoms with Crippen molar-refractivity contribution >= 4 is 34.7 Å². The van der Waals surface area contributed by atoms with Gasteiger partial charge < -0.3 is 20.8 Å². The van der Waals surface area contributed by atoms with Gasteiger partial charge in [0, 0.05) is 0 Å². The van der Waals surface area contributed by atoms with E-state index in [0.717, 1.165) is 0 Å². The maximum atomic E-state index is 11.4. The molecule has 0 aromatic heterocycles. The summed E-state index contributed by atoms with van der Waals surface area (Å²) in [5.41, 5.74) is 2.44. The molecule has 0 saturated carbocycles. The molecule has 0 radical (unpaired) electrons. The number of nitrogens with one attached hydrogen (secondary N) is 2. The summed E-state index contributed by atoms with van der Waals surface area (Å²) in [5, 5.41) is 24.9. The molecule has 4 N–H and O–H groups in total. The Hall–Kier alpha value is -3.80. The largest absolute Gasteiger partial charge is 0.478 e. The third-order valence-corrected chi connectivity index (χ3v) is 3.78. The Kier molecular flexibility index (Phi) is 4.85. The van der Waals surface area contributed by atoms with Crippen LogP contribution in [0.1, 0.15) is 20.7 Å². The van der Waals surface area contributed by atoms with E-state index in [1.807, 2.05) is 0 Å². The van der Waals surface area contributed by atoms with Crippen LogP contribution in [0.3, 0.4) is 0 Å². The zero-order chi connectivity index (χ0) is 18.5. The van der Waals surface area contributed by atoms with E-state index >= 15 is 0 Å². The molecule has 0 atom stereocenters. The highest BCUT2D eigenvalue weighted by atomic mass is 16.4. The smallest absolute Gasteiger partial charge is 0.337 e. The number of carboxylic acids is 2. The fraction of sp³-hybridized carbons (Fsp3) is 0. The van der Waals surface area contributed by atoms with Gasteiger partial charge in [-0.25, -0.2) is 9.59 Å². The second kappa shape index (κ2) is 7.40. The van der Waals surface area contributed by atoms with Crippen molar-refractivity contribution in [2.75, 3.05) is 10.6 Å². The van der Waals surface area contributed by atoms with Gasteiger partial charge in [-0.05, 0) is 36.4 Å². The lowest BCUT2D eigenvalue weighted by Gasteiger charge is -2.16. The summed E-state index contributed by atoms with van der Waals surface area (Å²) in [6.45, 7) is 0. The van der Waals surface area contributed by atoms with E-state index in [9.17, 15) is 19.8 Å². The molecule has 6 heteroatoms. The second-order valence-electron chi connectivity index (χ2n) is 5.50. The number of hydrogen-bond donors (Lipinski definition) is 4. The summed E-state index contributed by atoms with van der Waals surface area (Å²) in [6.07, 6.45) is 0. The highest BCUT2D eigenvalue weighted by Crippen LogP contribution is 2.30. The van der Waals surface area contributed by atoms with Gasteiger partial charge in [0.05, 0.1) is 33.9 Å². The van der Waals surface area contributed by atoms with Crippen molar-refractivity contribution in [1.82, 2.24) is 0 Å². The lowest BCUT2D eigenvalue weighted by atomic mass is 10.1. The number of hydrogen-bond acceptors (Lipinski definition) is 4. The second-order valence-corrected chi connectivity index (χ2v) is 5.50. The summed E-state index contributed by atoms with van der Waals surface area (Å²) in [4.78, 5) is 22.8. The van der Waals surface area contributed by atoms with E-state index in [-0.39, 0.29) is 11.1 Å². The Morgan fingerprint density at radius 3 is 1.19 bits per heavy atom. The summed E-state index contributed by atoms with van der Waals surface area (Å²) in [5.74, 6) is -2.07. The van der Waals surface area contributed by atoms with Crippen molar-refractivity contribution in [3.05, 3.63) is 83.9 Å². The van der Waals surface area contributed by atoms with Gasteiger partial charge in [0.15, 0.2) is 0 Å². The van der Waals surface area contributed by atoms with E-state index < -0.39 is 11.9 Å². The summed E-state index contributed by atoms with van der Waals surface area (Å²) >= 11 is 0. The van der Waals surface area contributed by atoms with E-state index in [0.29, 0.717) is 22.7 Å². The molecule has 0 aliphatic rings. The summed E-state index contributed by atoms with van der Waals surface area (Å²) < 4.78 is 0. The highest BCUT2D eigenvalue weighted by Gasteiger charge is 2.13. The highest BCUT2D eigenvalue weighted by molar-refractivity contribution is 5.97. The van der Waals surface area contributed by atoms with Crippen LogP contribution < -0.4 is 10.6 Å². The lowest BCUT2D eigenvalue weighted by molar-refractivity contribution is 0.0687. The Morgan fingerprint density at radius 1 is 0.538 bits per heavy atom. The van der Waals surface area contributed by atoms with Gasteiger partial charge >= 0.3 is 11.9 Å². The molecule has 6 nitrogen and oxygen atoms in total. The molecule has 3 rings (SSSR count). The average Bonchev–Trinajstić information content (AvgIpc) is 2.64. The topological polar surface area (TPSA) is 98.7 Å². The molecule has 130 valence electrons. The fourth-order valence-corrected chi connectivity index (χ4v) is 2.55. The van der Waals surface area contributed by atoms with Gasteiger partial charge in [0.1, 0.15) is 0 Å². The molecule has 0 unspecified atom stereocenters. The minimum Gasteiger partial charge on any atom is -0.478 e. The van der Waals surface area contributed by atoms with E-state index in [2.05, 4.69) is 10.6 Å².